The van der Waals surface area contributed by atoms with Crippen LogP contribution in [0.3, 0.4) is 0 Å². The van der Waals surface area contributed by atoms with Crippen LogP contribution in [-0.2, 0) is 16.5 Å². The van der Waals surface area contributed by atoms with Crippen LogP contribution >= 0.6 is 0 Å². The van der Waals surface area contributed by atoms with Crippen LogP contribution in [0.4, 0.5) is 0 Å². The Morgan fingerprint density at radius 2 is 2.36 bits per heavy atom. The monoisotopic (exact) mass is 196 g/mol. The van der Waals surface area contributed by atoms with Gasteiger partial charge < -0.3 is 14.0 Å². The first-order valence-corrected chi connectivity index (χ1v) is 4.51. The van der Waals surface area contributed by atoms with Gasteiger partial charge in [-0.15, -0.1) is 0 Å². The van der Waals surface area contributed by atoms with Gasteiger partial charge in [0.15, 0.2) is 12.1 Å². The molecular weight excluding hydrogens is 184 g/mol. The Bertz CT molecular complexity index is 329. The lowest BCUT2D eigenvalue weighted by atomic mass is 10.2. The molecule has 0 unspecified atom stereocenters. The van der Waals surface area contributed by atoms with Gasteiger partial charge >= 0.3 is 0 Å². The van der Waals surface area contributed by atoms with Gasteiger partial charge in [-0.25, -0.2) is 4.98 Å². The number of aryl methyl sites for hydroxylation is 1. The molecule has 5 heteroatoms. The molecule has 1 fully saturated rings. The Kier molecular flexibility index (Phi) is 2.60. The first kappa shape index (κ1) is 9.36. The van der Waals surface area contributed by atoms with Crippen LogP contribution in [0.1, 0.15) is 17.0 Å². The Morgan fingerprint density at radius 1 is 1.64 bits per heavy atom. The number of nitrogens with zero attached hydrogens (tertiary/aromatic N) is 2. The Balaban J connectivity index is 1.98. The number of hydrogen-bond donors (Lipinski definition) is 0. The fourth-order valence-electron chi connectivity index (χ4n) is 1.40. The fourth-order valence-corrected chi connectivity index (χ4v) is 1.40. The van der Waals surface area contributed by atoms with E-state index in [0.29, 0.717) is 19.0 Å². The molecule has 1 aliphatic rings. The zero-order valence-electron chi connectivity index (χ0n) is 7.97. The Labute approximate surface area is 81.6 Å². The molecule has 76 valence electrons. The summed E-state index contributed by atoms with van der Waals surface area (Å²) < 4.78 is 12.1. The maximum absolute atomic E-state index is 11.6. The van der Waals surface area contributed by atoms with Crippen LogP contribution in [-0.4, -0.2) is 34.8 Å². The van der Waals surface area contributed by atoms with Gasteiger partial charge in [-0.1, -0.05) is 0 Å². The second-order valence-corrected chi connectivity index (χ2v) is 3.16. The summed E-state index contributed by atoms with van der Waals surface area (Å²) in [5, 5.41) is 0. The molecule has 0 spiro atoms. The predicted molar refractivity (Wildman–Crippen MR) is 47.8 cm³/mol. The average Bonchev–Trinajstić information content (AvgIpc) is 2.75. The molecule has 0 N–H and O–H groups in total. The van der Waals surface area contributed by atoms with Crippen LogP contribution in [0.5, 0.6) is 0 Å². The molecule has 1 saturated heterocycles. The van der Waals surface area contributed by atoms with E-state index in [1.165, 1.54) is 0 Å². The minimum atomic E-state index is -0.390. The lowest BCUT2D eigenvalue weighted by Crippen LogP contribution is -2.17. The van der Waals surface area contributed by atoms with E-state index in [4.69, 9.17) is 9.47 Å². The van der Waals surface area contributed by atoms with E-state index in [2.05, 4.69) is 4.98 Å². The number of rotatable bonds is 3. The van der Waals surface area contributed by atoms with Crippen LogP contribution in [0.2, 0.25) is 0 Å². The van der Waals surface area contributed by atoms with Crippen molar-refractivity contribution in [1.82, 2.24) is 9.55 Å². The summed E-state index contributed by atoms with van der Waals surface area (Å²) in [6, 6.07) is 0. The number of aromatic nitrogens is 2. The summed E-state index contributed by atoms with van der Waals surface area (Å²) in [4.78, 5) is 15.6. The van der Waals surface area contributed by atoms with E-state index in [1.54, 1.807) is 24.0 Å². The molecule has 0 bridgehead atoms. The number of imidazole rings is 1. The second-order valence-electron chi connectivity index (χ2n) is 3.16. The van der Waals surface area contributed by atoms with Crippen molar-refractivity contribution in [2.45, 2.75) is 12.7 Å². The lowest BCUT2D eigenvalue weighted by Gasteiger charge is -2.07. The van der Waals surface area contributed by atoms with E-state index >= 15 is 0 Å². The number of Topliss-reactive ketones (excluding diaryl/α,β-unsaturated/α-hetero) is 1. The summed E-state index contributed by atoms with van der Waals surface area (Å²) in [6.07, 6.45) is 3.19. The van der Waals surface area contributed by atoms with Crippen LogP contribution in [0.15, 0.2) is 12.4 Å². The summed E-state index contributed by atoms with van der Waals surface area (Å²) in [5.74, 6) is 0.397. The fraction of sp³-hybridized carbons (Fsp3) is 0.556. The molecule has 1 aromatic rings. The van der Waals surface area contributed by atoms with Gasteiger partial charge in [-0.3, -0.25) is 4.79 Å². The second kappa shape index (κ2) is 3.89. The van der Waals surface area contributed by atoms with Crippen molar-refractivity contribution in [3.63, 3.8) is 0 Å². The van der Waals surface area contributed by atoms with Gasteiger partial charge in [0.2, 0.25) is 5.78 Å². The van der Waals surface area contributed by atoms with Crippen LogP contribution in [0, 0.1) is 0 Å². The standard InChI is InChI=1S/C9H12N2O3/c1-11-3-2-10-9(11)7(12)6-8-13-4-5-14-8/h2-3,8H,4-6H2,1H3. The lowest BCUT2D eigenvalue weighted by molar-refractivity contribution is -0.0409. The normalized spacial score (nSPS) is 17.5. The molecule has 1 aromatic heterocycles. The SMILES string of the molecule is Cn1ccnc1C(=O)CC1OCCO1. The maximum Gasteiger partial charge on any atom is 0.203 e. The quantitative estimate of drug-likeness (QED) is 0.655. The van der Waals surface area contributed by atoms with Crippen molar-refractivity contribution < 1.29 is 14.3 Å². The minimum absolute atomic E-state index is 0.0515. The summed E-state index contributed by atoms with van der Waals surface area (Å²) in [7, 11) is 1.79. The Morgan fingerprint density at radius 3 is 2.93 bits per heavy atom. The molecule has 2 heterocycles. The van der Waals surface area contributed by atoms with Crippen molar-refractivity contribution in [2.24, 2.45) is 7.05 Å². The topological polar surface area (TPSA) is 53.4 Å². The zero-order valence-corrected chi connectivity index (χ0v) is 7.97. The van der Waals surface area contributed by atoms with Gasteiger partial charge in [0.05, 0.1) is 19.6 Å². The third-order valence-electron chi connectivity index (χ3n) is 2.11. The third-order valence-corrected chi connectivity index (χ3v) is 2.11. The number of ether oxygens (including phenoxy) is 2. The molecule has 14 heavy (non-hydrogen) atoms. The van der Waals surface area contributed by atoms with Gasteiger partial charge in [-0.05, 0) is 0 Å². The highest BCUT2D eigenvalue weighted by Crippen LogP contribution is 2.11. The molecule has 1 aliphatic heterocycles. The summed E-state index contributed by atoms with van der Waals surface area (Å²) in [5.41, 5.74) is 0. The first-order valence-electron chi connectivity index (χ1n) is 4.51. The third kappa shape index (κ3) is 1.83. The minimum Gasteiger partial charge on any atom is -0.350 e. The molecule has 0 aliphatic carbocycles. The number of carbonyl (C=O) groups is 1. The number of ketones is 1. The molecule has 0 radical (unpaired) electrons. The van der Waals surface area contributed by atoms with Crippen molar-refractivity contribution in [3.8, 4) is 0 Å². The van der Waals surface area contributed by atoms with Crippen molar-refractivity contribution >= 4 is 5.78 Å². The van der Waals surface area contributed by atoms with Crippen LogP contribution in [0.25, 0.3) is 0 Å². The van der Waals surface area contributed by atoms with E-state index < -0.39 is 0 Å². The highest BCUT2D eigenvalue weighted by molar-refractivity contribution is 5.93. The molecule has 0 aromatic carbocycles. The smallest absolute Gasteiger partial charge is 0.203 e. The maximum atomic E-state index is 11.6. The van der Waals surface area contributed by atoms with E-state index in [9.17, 15) is 4.79 Å². The molecule has 5 nitrogen and oxygen atoms in total. The van der Waals surface area contributed by atoms with Crippen molar-refractivity contribution in [3.05, 3.63) is 18.2 Å². The number of hydrogen-bond acceptors (Lipinski definition) is 4. The van der Waals surface area contributed by atoms with Gasteiger partial charge in [-0.2, -0.15) is 0 Å². The van der Waals surface area contributed by atoms with E-state index in [1.807, 2.05) is 0 Å². The summed E-state index contributed by atoms with van der Waals surface area (Å²) >= 11 is 0. The van der Waals surface area contributed by atoms with Gasteiger partial charge in [0, 0.05) is 19.4 Å². The largest absolute Gasteiger partial charge is 0.350 e. The highest BCUT2D eigenvalue weighted by atomic mass is 16.7. The molecule has 0 amide bonds. The Hall–Kier alpha value is -1.20. The van der Waals surface area contributed by atoms with Gasteiger partial charge in [0.25, 0.3) is 0 Å². The van der Waals surface area contributed by atoms with Gasteiger partial charge in [0.1, 0.15) is 0 Å². The van der Waals surface area contributed by atoms with Crippen LogP contribution < -0.4 is 0 Å². The van der Waals surface area contributed by atoms with Crippen molar-refractivity contribution in [2.75, 3.05) is 13.2 Å². The number of carbonyl (C=O) groups excluding carboxylic acids is 1. The molecule has 0 atom stereocenters. The molecule has 2 rings (SSSR count). The highest BCUT2D eigenvalue weighted by Gasteiger charge is 2.22. The first-order chi connectivity index (χ1) is 6.77. The molecular formula is C9H12N2O3. The average molecular weight is 196 g/mol. The van der Waals surface area contributed by atoms with Crippen molar-refractivity contribution in [1.29, 1.82) is 0 Å². The van der Waals surface area contributed by atoms with E-state index in [0.717, 1.165) is 0 Å². The molecule has 0 saturated carbocycles. The predicted octanol–water partition coefficient (Wildman–Crippen LogP) is 0.366. The zero-order chi connectivity index (χ0) is 9.97. The van der Waals surface area contributed by atoms with E-state index in [-0.39, 0.29) is 18.5 Å². The summed E-state index contributed by atoms with van der Waals surface area (Å²) in [6.45, 7) is 1.14.